The second-order valence-electron chi connectivity index (χ2n) is 7.92. The number of non-ortho nitro benzene ring substituents is 1. The molecule has 2 heterocycles. The molecule has 0 spiro atoms. The van der Waals surface area contributed by atoms with E-state index in [1.807, 2.05) is 19.1 Å². The molecule has 160 valence electrons. The lowest BCUT2D eigenvalue weighted by Gasteiger charge is -2.37. The number of anilines is 1. The van der Waals surface area contributed by atoms with Gasteiger partial charge in [0.1, 0.15) is 0 Å². The Balaban J connectivity index is 1.33. The summed E-state index contributed by atoms with van der Waals surface area (Å²) in [4.78, 5) is 29.0. The first-order chi connectivity index (χ1) is 14.0. The van der Waals surface area contributed by atoms with Crippen LogP contribution in [0.25, 0.3) is 0 Å². The average Bonchev–Trinajstić information content (AvgIpc) is 2.74. The maximum atomic E-state index is 11.6. The van der Waals surface area contributed by atoms with Crippen LogP contribution in [0.2, 0.25) is 0 Å². The van der Waals surface area contributed by atoms with Crippen LogP contribution >= 0.6 is 0 Å². The third-order valence-corrected chi connectivity index (χ3v) is 6.02. The number of nitro groups is 1. The molecule has 1 aromatic rings. The zero-order chi connectivity index (χ0) is 20.6. The molecule has 0 aliphatic carbocycles. The van der Waals surface area contributed by atoms with Crippen molar-refractivity contribution < 1.29 is 14.5 Å². The summed E-state index contributed by atoms with van der Waals surface area (Å²) in [6, 6.07) is 6.88. The van der Waals surface area contributed by atoms with Gasteiger partial charge in [0.15, 0.2) is 0 Å². The number of esters is 1. The van der Waals surface area contributed by atoms with Crippen molar-refractivity contribution in [2.45, 2.75) is 26.2 Å². The van der Waals surface area contributed by atoms with Gasteiger partial charge in [-0.15, -0.1) is 0 Å². The predicted octanol–water partition coefficient (Wildman–Crippen LogP) is 2.38. The lowest BCUT2D eigenvalue weighted by molar-refractivity contribution is -0.384. The monoisotopic (exact) mass is 404 g/mol. The molecule has 0 bridgehead atoms. The average molecular weight is 405 g/mol. The third-order valence-electron chi connectivity index (χ3n) is 6.02. The third kappa shape index (κ3) is 6.40. The molecule has 0 aromatic heterocycles. The minimum absolute atomic E-state index is 0.124. The number of benzene rings is 1. The highest BCUT2D eigenvalue weighted by Gasteiger charge is 2.23. The number of carbonyl (C=O) groups is 1. The molecule has 0 amide bonds. The van der Waals surface area contributed by atoms with E-state index in [4.69, 9.17) is 4.74 Å². The Labute approximate surface area is 172 Å². The molecular formula is C21H32N4O4. The molecule has 2 aliphatic heterocycles. The number of carbonyl (C=O) groups excluding carboxylic acids is 1. The molecule has 3 rings (SSSR count). The quantitative estimate of drug-likeness (QED) is 0.374. The highest BCUT2D eigenvalue weighted by molar-refractivity contribution is 5.71. The standard InChI is InChI=1S/C21H32N4O4/c1-2-29-21(26)17-23-15-13-22(14-16-23)10-7-18-8-11-24(12-9-18)19-3-5-20(6-4-19)25(27)28/h3-6,18H,2,7-17H2,1H3. The van der Waals surface area contributed by atoms with Crippen molar-refractivity contribution in [1.82, 2.24) is 9.80 Å². The second kappa shape index (κ2) is 10.5. The van der Waals surface area contributed by atoms with E-state index >= 15 is 0 Å². The first kappa shape index (κ1) is 21.5. The van der Waals surface area contributed by atoms with E-state index in [1.165, 1.54) is 19.3 Å². The first-order valence-electron chi connectivity index (χ1n) is 10.6. The first-order valence-corrected chi connectivity index (χ1v) is 10.6. The molecule has 1 aromatic carbocycles. The van der Waals surface area contributed by atoms with Crippen LogP contribution in [0, 0.1) is 16.0 Å². The van der Waals surface area contributed by atoms with Crippen LogP contribution in [-0.4, -0.2) is 79.7 Å². The van der Waals surface area contributed by atoms with E-state index in [1.54, 1.807) is 12.1 Å². The van der Waals surface area contributed by atoms with Crippen LogP contribution in [0.15, 0.2) is 24.3 Å². The van der Waals surface area contributed by atoms with E-state index in [0.29, 0.717) is 13.2 Å². The van der Waals surface area contributed by atoms with Gasteiger partial charge in [-0.3, -0.25) is 19.8 Å². The van der Waals surface area contributed by atoms with Gasteiger partial charge in [0, 0.05) is 57.1 Å². The number of nitrogens with zero attached hydrogens (tertiary/aromatic N) is 4. The molecule has 0 saturated carbocycles. The Bertz CT molecular complexity index is 666. The molecule has 2 fully saturated rings. The number of piperazine rings is 1. The zero-order valence-corrected chi connectivity index (χ0v) is 17.3. The van der Waals surface area contributed by atoms with Crippen molar-refractivity contribution >= 4 is 17.3 Å². The fourth-order valence-corrected chi connectivity index (χ4v) is 4.19. The van der Waals surface area contributed by atoms with Crippen molar-refractivity contribution in [3.63, 3.8) is 0 Å². The maximum absolute atomic E-state index is 11.6. The predicted molar refractivity (Wildman–Crippen MR) is 112 cm³/mol. The SMILES string of the molecule is CCOC(=O)CN1CCN(CCC2CCN(c3ccc([N+](=O)[O-])cc3)CC2)CC1. The van der Waals surface area contributed by atoms with Crippen LogP contribution in [0.3, 0.4) is 0 Å². The van der Waals surface area contributed by atoms with Crippen LogP contribution in [0.1, 0.15) is 26.2 Å². The number of ether oxygens (including phenoxy) is 1. The number of hydrogen-bond donors (Lipinski definition) is 0. The molecule has 8 heteroatoms. The Kier molecular flexibility index (Phi) is 7.83. The molecule has 29 heavy (non-hydrogen) atoms. The summed E-state index contributed by atoms with van der Waals surface area (Å²) in [5, 5.41) is 10.8. The largest absolute Gasteiger partial charge is 0.465 e. The van der Waals surface area contributed by atoms with Gasteiger partial charge in [0.2, 0.25) is 0 Å². The zero-order valence-electron chi connectivity index (χ0n) is 17.3. The van der Waals surface area contributed by atoms with Gasteiger partial charge >= 0.3 is 5.97 Å². The fraction of sp³-hybridized carbons (Fsp3) is 0.667. The Morgan fingerprint density at radius 2 is 1.69 bits per heavy atom. The lowest BCUT2D eigenvalue weighted by atomic mass is 9.93. The summed E-state index contributed by atoms with van der Waals surface area (Å²) < 4.78 is 5.03. The lowest BCUT2D eigenvalue weighted by Crippen LogP contribution is -2.48. The van der Waals surface area contributed by atoms with Crippen molar-refractivity contribution in [2.24, 2.45) is 5.92 Å². The van der Waals surface area contributed by atoms with Gasteiger partial charge in [0.05, 0.1) is 18.1 Å². The van der Waals surface area contributed by atoms with Gasteiger partial charge in [0.25, 0.3) is 5.69 Å². The number of rotatable bonds is 8. The number of nitro benzene ring substituents is 1. The van der Waals surface area contributed by atoms with Crippen molar-refractivity contribution in [3.05, 3.63) is 34.4 Å². The normalized spacial score (nSPS) is 19.3. The number of piperidine rings is 1. The molecule has 0 atom stereocenters. The van der Waals surface area contributed by atoms with Crippen LogP contribution in [0.4, 0.5) is 11.4 Å². The van der Waals surface area contributed by atoms with E-state index in [9.17, 15) is 14.9 Å². The van der Waals surface area contributed by atoms with Gasteiger partial charge in [-0.1, -0.05) is 0 Å². The molecule has 2 aliphatic rings. The van der Waals surface area contributed by atoms with Gasteiger partial charge in [-0.2, -0.15) is 0 Å². The van der Waals surface area contributed by atoms with Gasteiger partial charge in [-0.25, -0.2) is 0 Å². The van der Waals surface area contributed by atoms with E-state index < -0.39 is 0 Å². The summed E-state index contributed by atoms with van der Waals surface area (Å²) in [5.41, 5.74) is 1.22. The summed E-state index contributed by atoms with van der Waals surface area (Å²) in [7, 11) is 0. The highest BCUT2D eigenvalue weighted by atomic mass is 16.6. The molecule has 0 unspecified atom stereocenters. The fourth-order valence-electron chi connectivity index (χ4n) is 4.19. The molecule has 8 nitrogen and oxygen atoms in total. The molecular weight excluding hydrogens is 372 g/mol. The molecule has 0 radical (unpaired) electrons. The van der Waals surface area contributed by atoms with E-state index in [2.05, 4.69) is 14.7 Å². The second-order valence-corrected chi connectivity index (χ2v) is 7.92. The van der Waals surface area contributed by atoms with Gasteiger partial charge in [-0.05, 0) is 50.8 Å². The minimum Gasteiger partial charge on any atom is -0.465 e. The van der Waals surface area contributed by atoms with Crippen LogP contribution < -0.4 is 4.90 Å². The summed E-state index contributed by atoms with van der Waals surface area (Å²) in [6.45, 7) is 9.72. The maximum Gasteiger partial charge on any atom is 0.320 e. The molecule has 2 saturated heterocycles. The summed E-state index contributed by atoms with van der Waals surface area (Å²) in [6.07, 6.45) is 3.55. The summed E-state index contributed by atoms with van der Waals surface area (Å²) in [5.74, 6) is 0.614. The smallest absolute Gasteiger partial charge is 0.320 e. The minimum atomic E-state index is -0.354. The Morgan fingerprint density at radius 1 is 1.07 bits per heavy atom. The van der Waals surface area contributed by atoms with Crippen molar-refractivity contribution in [2.75, 3.05) is 63.9 Å². The van der Waals surface area contributed by atoms with Crippen LogP contribution in [0.5, 0.6) is 0 Å². The van der Waals surface area contributed by atoms with Gasteiger partial charge < -0.3 is 14.5 Å². The van der Waals surface area contributed by atoms with E-state index in [0.717, 1.165) is 57.4 Å². The Hall–Kier alpha value is -2.19. The number of hydrogen-bond acceptors (Lipinski definition) is 7. The van der Waals surface area contributed by atoms with Crippen molar-refractivity contribution in [1.29, 1.82) is 0 Å². The Morgan fingerprint density at radius 3 is 2.28 bits per heavy atom. The van der Waals surface area contributed by atoms with Crippen LogP contribution in [-0.2, 0) is 9.53 Å². The van der Waals surface area contributed by atoms with E-state index in [-0.39, 0.29) is 16.6 Å². The summed E-state index contributed by atoms with van der Waals surface area (Å²) >= 11 is 0. The van der Waals surface area contributed by atoms with Crippen molar-refractivity contribution in [3.8, 4) is 0 Å². The topological polar surface area (TPSA) is 79.2 Å². The highest BCUT2D eigenvalue weighted by Crippen LogP contribution is 2.27. The molecule has 0 N–H and O–H groups in total.